The Morgan fingerprint density at radius 3 is 2.57 bits per heavy atom. The van der Waals surface area contributed by atoms with Crippen LogP contribution in [0.4, 0.5) is 0 Å². The molecule has 0 saturated carbocycles. The highest BCUT2D eigenvalue weighted by Gasteiger charge is 2.24. The molecule has 1 aliphatic rings. The molecule has 2 aromatic rings. The van der Waals surface area contributed by atoms with E-state index in [0.717, 1.165) is 11.1 Å². The Kier molecular flexibility index (Phi) is 3.40. The summed E-state index contributed by atoms with van der Waals surface area (Å²) >= 11 is 0. The predicted molar refractivity (Wildman–Crippen MR) is 80.2 cm³/mol. The molecule has 0 unspecified atom stereocenters. The molecule has 1 aliphatic carbocycles. The summed E-state index contributed by atoms with van der Waals surface area (Å²) < 4.78 is 4.78. The quantitative estimate of drug-likeness (QED) is 0.625. The third kappa shape index (κ3) is 2.38. The summed E-state index contributed by atoms with van der Waals surface area (Å²) in [7, 11) is 1.35. The van der Waals surface area contributed by atoms with Gasteiger partial charge in [-0.15, -0.1) is 0 Å². The van der Waals surface area contributed by atoms with Crippen LogP contribution in [0.2, 0.25) is 0 Å². The standard InChI is InChI=1S/C18H14O3/c1-21-18(20)16-9-5-3-7-13(16)11-14-10-12-6-2-4-8-15(12)17(14)19/h2-9,11H,10H2,1H3/b14-11+. The second-order valence-corrected chi connectivity index (χ2v) is 4.91. The van der Waals surface area contributed by atoms with Crippen LogP contribution in [0.1, 0.15) is 31.8 Å². The molecule has 0 aromatic heterocycles. The maximum Gasteiger partial charge on any atom is 0.338 e. The molecule has 2 aromatic carbocycles. The van der Waals surface area contributed by atoms with Gasteiger partial charge < -0.3 is 4.74 Å². The van der Waals surface area contributed by atoms with Gasteiger partial charge in [0.2, 0.25) is 0 Å². The number of rotatable bonds is 2. The van der Waals surface area contributed by atoms with Crippen molar-refractivity contribution in [1.82, 2.24) is 0 Å². The molecular formula is C18H14O3. The first-order valence-electron chi connectivity index (χ1n) is 6.71. The number of fused-ring (bicyclic) bond motifs is 1. The van der Waals surface area contributed by atoms with Crippen molar-refractivity contribution in [2.24, 2.45) is 0 Å². The van der Waals surface area contributed by atoms with Gasteiger partial charge in [-0.25, -0.2) is 4.79 Å². The SMILES string of the molecule is COC(=O)c1ccccc1/C=C1\Cc2ccccc2C1=O. The van der Waals surface area contributed by atoms with Crippen LogP contribution in [0, 0.1) is 0 Å². The van der Waals surface area contributed by atoms with Gasteiger partial charge in [0, 0.05) is 17.6 Å². The first-order valence-corrected chi connectivity index (χ1v) is 6.71. The molecule has 3 nitrogen and oxygen atoms in total. The molecule has 0 bridgehead atoms. The molecule has 3 heteroatoms. The van der Waals surface area contributed by atoms with E-state index in [9.17, 15) is 9.59 Å². The number of methoxy groups -OCH3 is 1. The summed E-state index contributed by atoms with van der Waals surface area (Å²) in [6.45, 7) is 0. The molecule has 0 atom stereocenters. The van der Waals surface area contributed by atoms with E-state index in [2.05, 4.69) is 0 Å². The molecule has 0 aliphatic heterocycles. The fourth-order valence-corrected chi connectivity index (χ4v) is 2.58. The monoisotopic (exact) mass is 278 g/mol. The van der Waals surface area contributed by atoms with Crippen LogP contribution >= 0.6 is 0 Å². The smallest absolute Gasteiger partial charge is 0.338 e. The minimum absolute atomic E-state index is 0.0327. The van der Waals surface area contributed by atoms with E-state index in [4.69, 9.17) is 4.74 Å². The van der Waals surface area contributed by atoms with Crippen LogP contribution in [0.3, 0.4) is 0 Å². The molecular weight excluding hydrogens is 264 g/mol. The van der Waals surface area contributed by atoms with Crippen molar-refractivity contribution in [3.63, 3.8) is 0 Å². The lowest BCUT2D eigenvalue weighted by atomic mass is 10.0. The third-order valence-corrected chi connectivity index (χ3v) is 3.63. The number of ether oxygens (including phenoxy) is 1. The van der Waals surface area contributed by atoms with E-state index in [-0.39, 0.29) is 5.78 Å². The Hall–Kier alpha value is -2.68. The van der Waals surface area contributed by atoms with Gasteiger partial charge in [0.1, 0.15) is 0 Å². The first kappa shape index (κ1) is 13.3. The van der Waals surface area contributed by atoms with E-state index < -0.39 is 5.97 Å². The number of benzene rings is 2. The van der Waals surface area contributed by atoms with Crippen LogP contribution in [0.25, 0.3) is 6.08 Å². The number of ketones is 1. The lowest BCUT2D eigenvalue weighted by Gasteiger charge is -2.04. The van der Waals surface area contributed by atoms with Crippen LogP contribution in [-0.2, 0) is 11.2 Å². The Morgan fingerprint density at radius 1 is 1.10 bits per heavy atom. The lowest BCUT2D eigenvalue weighted by molar-refractivity contribution is 0.0600. The average molecular weight is 278 g/mol. The van der Waals surface area contributed by atoms with E-state index in [1.54, 1.807) is 18.2 Å². The number of esters is 1. The van der Waals surface area contributed by atoms with Crippen LogP contribution in [0.15, 0.2) is 54.1 Å². The molecule has 21 heavy (non-hydrogen) atoms. The van der Waals surface area contributed by atoms with Crippen LogP contribution < -0.4 is 0 Å². The Labute approximate surface area is 122 Å². The normalized spacial score (nSPS) is 15.1. The zero-order chi connectivity index (χ0) is 14.8. The van der Waals surface area contributed by atoms with Crippen molar-refractivity contribution in [1.29, 1.82) is 0 Å². The van der Waals surface area contributed by atoms with Crippen molar-refractivity contribution in [3.8, 4) is 0 Å². The van der Waals surface area contributed by atoms with Crippen molar-refractivity contribution in [2.45, 2.75) is 6.42 Å². The minimum atomic E-state index is -0.398. The van der Waals surface area contributed by atoms with Gasteiger partial charge in [0.15, 0.2) is 5.78 Å². The summed E-state index contributed by atoms with van der Waals surface area (Å²) in [6.07, 6.45) is 2.39. The van der Waals surface area contributed by atoms with Crippen molar-refractivity contribution in [2.75, 3.05) is 7.11 Å². The summed E-state index contributed by atoms with van der Waals surface area (Å²) in [4.78, 5) is 24.1. The zero-order valence-electron chi connectivity index (χ0n) is 11.6. The summed E-state index contributed by atoms with van der Waals surface area (Å²) in [6, 6.07) is 14.7. The van der Waals surface area contributed by atoms with Crippen LogP contribution in [-0.4, -0.2) is 18.9 Å². The Bertz CT molecular complexity index is 757. The van der Waals surface area contributed by atoms with Gasteiger partial charge in [0.05, 0.1) is 12.7 Å². The third-order valence-electron chi connectivity index (χ3n) is 3.63. The predicted octanol–water partition coefficient (Wildman–Crippen LogP) is 3.30. The number of Topliss-reactive ketones (excluding diaryl/α,β-unsaturated/α-hetero) is 1. The minimum Gasteiger partial charge on any atom is -0.465 e. The second-order valence-electron chi connectivity index (χ2n) is 4.91. The van der Waals surface area contributed by atoms with Crippen LogP contribution in [0.5, 0.6) is 0 Å². The highest BCUT2D eigenvalue weighted by Crippen LogP contribution is 2.28. The second kappa shape index (κ2) is 5.37. The fourth-order valence-electron chi connectivity index (χ4n) is 2.58. The van der Waals surface area contributed by atoms with Gasteiger partial charge in [-0.3, -0.25) is 4.79 Å². The van der Waals surface area contributed by atoms with E-state index in [1.165, 1.54) is 7.11 Å². The number of carbonyl (C=O) groups is 2. The highest BCUT2D eigenvalue weighted by molar-refractivity contribution is 6.16. The summed E-state index contributed by atoms with van der Waals surface area (Å²) in [5, 5.41) is 0. The average Bonchev–Trinajstić information content (AvgIpc) is 2.84. The topological polar surface area (TPSA) is 43.4 Å². The van der Waals surface area contributed by atoms with Gasteiger partial charge in [-0.2, -0.15) is 0 Å². The van der Waals surface area contributed by atoms with E-state index >= 15 is 0 Å². The van der Waals surface area contributed by atoms with Gasteiger partial charge >= 0.3 is 5.97 Å². The number of hydrogen-bond acceptors (Lipinski definition) is 3. The van der Waals surface area contributed by atoms with Crippen molar-refractivity contribution >= 4 is 17.8 Å². The molecule has 0 fully saturated rings. The van der Waals surface area contributed by atoms with Gasteiger partial charge in [-0.1, -0.05) is 42.5 Å². The van der Waals surface area contributed by atoms with E-state index in [0.29, 0.717) is 23.1 Å². The van der Waals surface area contributed by atoms with E-state index in [1.807, 2.05) is 36.4 Å². The van der Waals surface area contributed by atoms with Gasteiger partial charge in [-0.05, 0) is 23.3 Å². The Balaban J connectivity index is 2.02. The largest absolute Gasteiger partial charge is 0.465 e. The molecule has 0 N–H and O–H groups in total. The maximum atomic E-state index is 12.4. The number of hydrogen-bond donors (Lipinski definition) is 0. The van der Waals surface area contributed by atoms with Crippen molar-refractivity contribution in [3.05, 3.63) is 76.4 Å². The van der Waals surface area contributed by atoms with Crippen molar-refractivity contribution < 1.29 is 14.3 Å². The molecule has 0 amide bonds. The summed E-state index contributed by atoms with van der Waals surface area (Å²) in [5.41, 5.74) is 3.66. The fraction of sp³-hybridized carbons (Fsp3) is 0.111. The molecule has 0 saturated heterocycles. The maximum absolute atomic E-state index is 12.4. The summed E-state index contributed by atoms with van der Waals surface area (Å²) in [5.74, 6) is -0.365. The zero-order valence-corrected chi connectivity index (χ0v) is 11.6. The molecule has 0 heterocycles. The molecule has 3 rings (SSSR count). The molecule has 104 valence electrons. The van der Waals surface area contributed by atoms with Gasteiger partial charge in [0.25, 0.3) is 0 Å². The number of allylic oxidation sites excluding steroid dienone is 1. The molecule has 0 spiro atoms. The number of carbonyl (C=O) groups excluding carboxylic acids is 2. The Morgan fingerprint density at radius 2 is 1.81 bits per heavy atom. The lowest BCUT2D eigenvalue weighted by Crippen LogP contribution is -2.04. The first-order chi connectivity index (χ1) is 10.2. The molecule has 0 radical (unpaired) electrons. The highest BCUT2D eigenvalue weighted by atomic mass is 16.5.